The molecule has 4 nitrogen and oxygen atoms in total. The number of benzene rings is 1. The highest BCUT2D eigenvalue weighted by Crippen LogP contribution is 2.36. The highest BCUT2D eigenvalue weighted by Gasteiger charge is 2.34. The maximum absolute atomic E-state index is 12.3. The molecule has 4 heteroatoms. The molecule has 0 heterocycles. The summed E-state index contributed by atoms with van der Waals surface area (Å²) in [5, 5.41) is 9.90. The number of hydrogen-bond donors (Lipinski definition) is 2. The van der Waals surface area contributed by atoms with Gasteiger partial charge in [-0.15, -0.1) is 0 Å². The number of nitrogen functional groups attached to an aromatic ring is 1. The number of aromatic hydroxyl groups is 1. The van der Waals surface area contributed by atoms with Gasteiger partial charge in [-0.2, -0.15) is 0 Å². The number of hydrogen-bond acceptors (Lipinski definition) is 4. The molecule has 116 valence electrons. The average molecular weight is 291 g/mol. The highest BCUT2D eigenvalue weighted by atomic mass is 16.5. The summed E-state index contributed by atoms with van der Waals surface area (Å²) in [6.45, 7) is 6.52. The van der Waals surface area contributed by atoms with Crippen molar-refractivity contribution in [2.45, 2.75) is 46.1 Å². The molecule has 0 aromatic heterocycles. The molecule has 1 aromatic rings. The van der Waals surface area contributed by atoms with Crippen LogP contribution in [0, 0.1) is 17.8 Å². The zero-order valence-electron chi connectivity index (χ0n) is 13.0. The molecule has 3 atom stereocenters. The number of phenolic OH excluding ortho intramolecular Hbond substituents is 1. The van der Waals surface area contributed by atoms with E-state index in [4.69, 9.17) is 10.5 Å². The van der Waals surface area contributed by atoms with Gasteiger partial charge >= 0.3 is 5.97 Å². The van der Waals surface area contributed by atoms with E-state index in [1.54, 1.807) is 18.2 Å². The second kappa shape index (κ2) is 6.37. The van der Waals surface area contributed by atoms with Crippen LogP contribution < -0.4 is 5.73 Å². The van der Waals surface area contributed by atoms with Crippen molar-refractivity contribution >= 4 is 11.7 Å². The molecular weight excluding hydrogens is 266 g/mol. The summed E-state index contributed by atoms with van der Waals surface area (Å²) in [6, 6.07) is 4.76. The molecule has 0 amide bonds. The van der Waals surface area contributed by atoms with Gasteiger partial charge in [0.25, 0.3) is 0 Å². The lowest BCUT2D eigenvalue weighted by Gasteiger charge is -2.36. The molecule has 1 aliphatic carbocycles. The molecule has 0 bridgehead atoms. The van der Waals surface area contributed by atoms with Crippen LogP contribution in [0.3, 0.4) is 0 Å². The Bertz CT molecular complexity index is 513. The first kappa shape index (κ1) is 15.7. The Morgan fingerprint density at radius 1 is 1.38 bits per heavy atom. The number of esters is 1. The Morgan fingerprint density at radius 3 is 2.76 bits per heavy atom. The third-order valence-electron chi connectivity index (χ3n) is 4.51. The van der Waals surface area contributed by atoms with Crippen LogP contribution in [0.15, 0.2) is 18.2 Å². The van der Waals surface area contributed by atoms with Gasteiger partial charge in [0.15, 0.2) is 5.75 Å². The van der Waals surface area contributed by atoms with Gasteiger partial charge in [0.05, 0.1) is 5.69 Å². The number of rotatable bonds is 3. The fraction of sp³-hybridized carbons (Fsp3) is 0.588. The SMILES string of the molecule is CC1CCC(C(C)C)C(OC(=O)c2cccc(N)c2O)C1. The molecule has 21 heavy (non-hydrogen) atoms. The first-order chi connectivity index (χ1) is 9.90. The number of ether oxygens (including phenoxy) is 1. The van der Waals surface area contributed by atoms with Gasteiger partial charge in [-0.1, -0.05) is 33.3 Å². The van der Waals surface area contributed by atoms with Crippen LogP contribution in [0.2, 0.25) is 0 Å². The zero-order chi connectivity index (χ0) is 15.6. The van der Waals surface area contributed by atoms with E-state index in [1.807, 2.05) is 0 Å². The van der Waals surface area contributed by atoms with Gasteiger partial charge in [-0.25, -0.2) is 4.79 Å². The van der Waals surface area contributed by atoms with E-state index in [0.717, 1.165) is 12.8 Å². The van der Waals surface area contributed by atoms with E-state index in [-0.39, 0.29) is 23.1 Å². The van der Waals surface area contributed by atoms with E-state index in [2.05, 4.69) is 20.8 Å². The largest absolute Gasteiger partial charge is 0.505 e. The Hall–Kier alpha value is -1.71. The quantitative estimate of drug-likeness (QED) is 0.507. The minimum Gasteiger partial charge on any atom is -0.505 e. The molecule has 1 fully saturated rings. The molecule has 3 unspecified atom stereocenters. The normalized spacial score (nSPS) is 25.8. The smallest absolute Gasteiger partial charge is 0.342 e. The number of carbonyl (C=O) groups excluding carboxylic acids is 1. The standard InChI is InChI=1S/C17H25NO3/c1-10(2)12-8-7-11(3)9-15(12)21-17(20)13-5-4-6-14(18)16(13)19/h4-6,10-12,15,19H,7-9,18H2,1-3H3. The average Bonchev–Trinajstić information content (AvgIpc) is 2.41. The molecule has 0 spiro atoms. The summed E-state index contributed by atoms with van der Waals surface area (Å²) in [5.41, 5.74) is 5.98. The Labute approximate surface area is 126 Å². The van der Waals surface area contributed by atoms with E-state index in [9.17, 15) is 9.90 Å². The second-order valence-corrected chi connectivity index (χ2v) is 6.51. The first-order valence-corrected chi connectivity index (χ1v) is 7.68. The predicted molar refractivity (Wildman–Crippen MR) is 83.1 cm³/mol. The second-order valence-electron chi connectivity index (χ2n) is 6.51. The molecule has 1 aliphatic rings. The van der Waals surface area contributed by atoms with Crippen molar-refractivity contribution in [1.29, 1.82) is 0 Å². The third kappa shape index (κ3) is 3.49. The third-order valence-corrected chi connectivity index (χ3v) is 4.51. The fourth-order valence-electron chi connectivity index (χ4n) is 3.18. The topological polar surface area (TPSA) is 72.5 Å². The van der Waals surface area contributed by atoms with Crippen LogP contribution in [0.5, 0.6) is 5.75 Å². The Balaban J connectivity index is 2.14. The van der Waals surface area contributed by atoms with Gasteiger partial charge in [-0.3, -0.25) is 0 Å². The van der Waals surface area contributed by atoms with Gasteiger partial charge in [0, 0.05) is 0 Å². The van der Waals surface area contributed by atoms with Crippen LogP contribution in [-0.2, 0) is 4.74 Å². The monoisotopic (exact) mass is 291 g/mol. The summed E-state index contributed by atoms with van der Waals surface area (Å²) >= 11 is 0. The molecule has 0 saturated heterocycles. The molecular formula is C17H25NO3. The summed E-state index contributed by atoms with van der Waals surface area (Å²) in [7, 11) is 0. The van der Waals surface area contributed by atoms with Crippen molar-refractivity contribution in [3.05, 3.63) is 23.8 Å². The van der Waals surface area contributed by atoms with Crippen molar-refractivity contribution < 1.29 is 14.6 Å². The van der Waals surface area contributed by atoms with Crippen molar-refractivity contribution in [1.82, 2.24) is 0 Å². The van der Waals surface area contributed by atoms with Crippen LogP contribution in [0.1, 0.15) is 50.4 Å². The molecule has 1 saturated carbocycles. The first-order valence-electron chi connectivity index (χ1n) is 7.68. The summed E-state index contributed by atoms with van der Waals surface area (Å²) < 4.78 is 5.70. The van der Waals surface area contributed by atoms with Crippen molar-refractivity contribution in [3.63, 3.8) is 0 Å². The van der Waals surface area contributed by atoms with Crippen LogP contribution in [-0.4, -0.2) is 17.2 Å². The van der Waals surface area contributed by atoms with Crippen molar-refractivity contribution in [2.24, 2.45) is 17.8 Å². The number of para-hydroxylation sites is 1. The highest BCUT2D eigenvalue weighted by molar-refractivity contribution is 5.94. The van der Waals surface area contributed by atoms with Crippen LogP contribution in [0.25, 0.3) is 0 Å². The molecule has 0 aliphatic heterocycles. The maximum atomic E-state index is 12.3. The van der Waals surface area contributed by atoms with Crippen LogP contribution >= 0.6 is 0 Å². The Morgan fingerprint density at radius 2 is 2.10 bits per heavy atom. The van der Waals surface area contributed by atoms with Crippen molar-refractivity contribution in [2.75, 3.05) is 5.73 Å². The Kier molecular flexibility index (Phi) is 4.76. The minimum absolute atomic E-state index is 0.0814. The fourth-order valence-corrected chi connectivity index (χ4v) is 3.18. The van der Waals surface area contributed by atoms with E-state index in [1.165, 1.54) is 6.42 Å². The van der Waals surface area contributed by atoms with Gasteiger partial charge in [0.1, 0.15) is 11.7 Å². The van der Waals surface area contributed by atoms with E-state index < -0.39 is 5.97 Å². The van der Waals surface area contributed by atoms with Gasteiger partial charge < -0.3 is 15.6 Å². The summed E-state index contributed by atoms with van der Waals surface area (Å²) in [6.07, 6.45) is 3.07. The lowest BCUT2D eigenvalue weighted by Crippen LogP contribution is -2.35. The summed E-state index contributed by atoms with van der Waals surface area (Å²) in [5.74, 6) is 0.752. The molecule has 1 aromatic carbocycles. The molecule has 3 N–H and O–H groups in total. The number of nitrogens with two attached hydrogens (primary N) is 1. The number of anilines is 1. The predicted octanol–water partition coefficient (Wildman–Crippen LogP) is 3.59. The maximum Gasteiger partial charge on any atom is 0.342 e. The van der Waals surface area contributed by atoms with E-state index >= 15 is 0 Å². The van der Waals surface area contributed by atoms with Gasteiger partial charge in [-0.05, 0) is 42.7 Å². The van der Waals surface area contributed by atoms with Crippen LogP contribution in [0.4, 0.5) is 5.69 Å². The van der Waals surface area contributed by atoms with E-state index in [0.29, 0.717) is 17.8 Å². The number of carbonyl (C=O) groups is 1. The zero-order valence-corrected chi connectivity index (χ0v) is 13.0. The summed E-state index contributed by atoms with van der Waals surface area (Å²) in [4.78, 5) is 12.3. The molecule has 0 radical (unpaired) electrons. The van der Waals surface area contributed by atoms with Crippen molar-refractivity contribution in [3.8, 4) is 5.75 Å². The molecule has 2 rings (SSSR count). The minimum atomic E-state index is -0.482. The number of phenols is 1. The lowest BCUT2D eigenvalue weighted by molar-refractivity contribution is -0.0175. The van der Waals surface area contributed by atoms with Gasteiger partial charge in [0.2, 0.25) is 0 Å². The lowest BCUT2D eigenvalue weighted by atomic mass is 9.75.